The van der Waals surface area contributed by atoms with E-state index in [2.05, 4.69) is 9.98 Å². The van der Waals surface area contributed by atoms with Crippen molar-refractivity contribution in [2.24, 2.45) is 4.99 Å². The molecule has 13 heteroatoms. The smallest absolute Gasteiger partial charge is 0.416 e. The molecule has 1 saturated heterocycles. The third-order valence-electron chi connectivity index (χ3n) is 5.67. The maximum Gasteiger partial charge on any atom is 0.416 e. The molecule has 1 N–H and O–H groups in total. The molecule has 2 aliphatic heterocycles. The van der Waals surface area contributed by atoms with Crippen molar-refractivity contribution in [3.8, 4) is 0 Å². The van der Waals surface area contributed by atoms with Crippen LogP contribution in [0.25, 0.3) is 0 Å². The molecule has 2 unspecified atom stereocenters. The van der Waals surface area contributed by atoms with Crippen molar-refractivity contribution in [2.75, 3.05) is 33.0 Å². The first-order chi connectivity index (χ1) is 17.2. The highest BCUT2D eigenvalue weighted by atomic mass is 32.1. The molecule has 0 bridgehead atoms. The number of rotatable bonds is 7. The fourth-order valence-corrected chi connectivity index (χ4v) is 4.67. The third kappa shape index (κ3) is 5.42. The largest absolute Gasteiger partial charge is 0.480 e. The normalized spacial score (nSPS) is 21.1. The number of thiazole rings is 1. The van der Waals surface area contributed by atoms with E-state index in [1.165, 1.54) is 46.8 Å². The Morgan fingerprint density at radius 3 is 2.75 bits per heavy atom. The fraction of sp³-hybridized carbons (Fsp3) is 0.391. The minimum Gasteiger partial charge on any atom is -0.480 e. The van der Waals surface area contributed by atoms with Crippen LogP contribution in [0.4, 0.5) is 13.2 Å². The van der Waals surface area contributed by atoms with Crippen LogP contribution in [-0.4, -0.2) is 76.7 Å². The van der Waals surface area contributed by atoms with Crippen molar-refractivity contribution in [3.05, 3.63) is 63.7 Å². The number of amidine groups is 1. The maximum atomic E-state index is 13.9. The molecule has 2 atom stereocenters. The summed E-state index contributed by atoms with van der Waals surface area (Å²) in [6, 6.07) is 2.68. The number of hydrogen-bond donors (Lipinski definition) is 1. The summed E-state index contributed by atoms with van der Waals surface area (Å²) in [5.74, 6) is -1.68. The Hall–Kier alpha value is -3.29. The van der Waals surface area contributed by atoms with Crippen LogP contribution in [0.1, 0.15) is 29.1 Å². The van der Waals surface area contributed by atoms with Gasteiger partial charge in [-0.15, -0.1) is 11.3 Å². The molecule has 9 nitrogen and oxygen atoms in total. The molecule has 4 rings (SSSR count). The Labute approximate surface area is 208 Å². The zero-order chi connectivity index (χ0) is 25.9. The van der Waals surface area contributed by atoms with Crippen LogP contribution in [0.3, 0.4) is 0 Å². The molecule has 2 aliphatic rings. The van der Waals surface area contributed by atoms with Gasteiger partial charge in [0.1, 0.15) is 12.1 Å². The lowest BCUT2D eigenvalue weighted by molar-refractivity contribution is -0.150. The first-order valence-corrected chi connectivity index (χ1v) is 11.9. The van der Waals surface area contributed by atoms with Crippen molar-refractivity contribution in [3.63, 3.8) is 0 Å². The van der Waals surface area contributed by atoms with Gasteiger partial charge in [0.15, 0.2) is 10.8 Å². The van der Waals surface area contributed by atoms with Crippen LogP contribution in [0, 0.1) is 0 Å². The lowest BCUT2D eigenvalue weighted by atomic mass is 9.93. The highest BCUT2D eigenvalue weighted by molar-refractivity contribution is 7.11. The van der Waals surface area contributed by atoms with E-state index >= 15 is 0 Å². The molecule has 0 aliphatic carbocycles. The Bertz CT molecular complexity index is 1170. The molecule has 0 radical (unpaired) electrons. The Morgan fingerprint density at radius 1 is 1.31 bits per heavy atom. The van der Waals surface area contributed by atoms with E-state index in [4.69, 9.17) is 9.47 Å². The van der Waals surface area contributed by atoms with Crippen LogP contribution in [-0.2, 0) is 25.2 Å². The van der Waals surface area contributed by atoms with E-state index in [0.717, 1.165) is 6.07 Å². The van der Waals surface area contributed by atoms with Gasteiger partial charge in [0.25, 0.3) is 0 Å². The van der Waals surface area contributed by atoms with Crippen molar-refractivity contribution < 1.29 is 37.3 Å². The highest BCUT2D eigenvalue weighted by Crippen LogP contribution is 2.40. The van der Waals surface area contributed by atoms with Gasteiger partial charge in [0, 0.05) is 24.3 Å². The van der Waals surface area contributed by atoms with Crippen molar-refractivity contribution in [1.29, 1.82) is 0 Å². The van der Waals surface area contributed by atoms with E-state index < -0.39 is 35.8 Å². The van der Waals surface area contributed by atoms with Gasteiger partial charge in [0.2, 0.25) is 0 Å². The number of esters is 1. The van der Waals surface area contributed by atoms with E-state index in [0.29, 0.717) is 18.2 Å². The van der Waals surface area contributed by atoms with Gasteiger partial charge >= 0.3 is 18.1 Å². The van der Waals surface area contributed by atoms with Crippen LogP contribution >= 0.6 is 11.3 Å². The maximum absolute atomic E-state index is 13.9. The molecule has 192 valence electrons. The second-order valence-corrected chi connectivity index (χ2v) is 8.83. The van der Waals surface area contributed by atoms with E-state index in [9.17, 15) is 27.9 Å². The van der Waals surface area contributed by atoms with Gasteiger partial charge in [-0.25, -0.2) is 9.78 Å². The number of alkyl halides is 3. The van der Waals surface area contributed by atoms with Crippen LogP contribution in [0.2, 0.25) is 0 Å². The number of aromatic nitrogens is 1. The standard InChI is InChI=1S/C23H23F3N4O5S/c1-2-35-22(33)15-11-30(13-29-8-9-34-12-17(29)21(31)32)19(20-27-7-10-36-20)28-18(15)14-5-3-4-6-16(14)23(24,25)26/h3-7,10-11,17-18H,2,8-9,12-13H2,1H3,(H,31,32). The van der Waals surface area contributed by atoms with Crippen molar-refractivity contribution >= 4 is 29.1 Å². The summed E-state index contributed by atoms with van der Waals surface area (Å²) in [6.07, 6.45) is -1.76. The summed E-state index contributed by atoms with van der Waals surface area (Å²) in [7, 11) is 0. The zero-order valence-corrected chi connectivity index (χ0v) is 20.0. The lowest BCUT2D eigenvalue weighted by Gasteiger charge is -2.38. The Balaban J connectivity index is 1.82. The topological polar surface area (TPSA) is 105 Å². The number of aliphatic imine (C=N–C) groups is 1. The number of carboxylic acid groups (broad SMARTS) is 1. The molecule has 1 fully saturated rings. The quantitative estimate of drug-likeness (QED) is 0.551. The second kappa shape index (κ2) is 10.8. The van der Waals surface area contributed by atoms with Gasteiger partial charge in [-0.05, 0) is 18.6 Å². The number of carboxylic acids is 1. The van der Waals surface area contributed by atoms with Crippen molar-refractivity contribution in [2.45, 2.75) is 25.2 Å². The number of benzene rings is 1. The summed E-state index contributed by atoms with van der Waals surface area (Å²) in [5, 5.41) is 11.7. The molecule has 1 aromatic carbocycles. The van der Waals surface area contributed by atoms with Gasteiger partial charge in [-0.2, -0.15) is 13.2 Å². The van der Waals surface area contributed by atoms with Crippen LogP contribution < -0.4 is 0 Å². The first kappa shape index (κ1) is 25.8. The van der Waals surface area contributed by atoms with E-state index in [1.807, 2.05) is 0 Å². The zero-order valence-electron chi connectivity index (χ0n) is 19.1. The Kier molecular flexibility index (Phi) is 7.71. The van der Waals surface area contributed by atoms with E-state index in [1.54, 1.807) is 17.2 Å². The number of halogens is 3. The molecule has 3 heterocycles. The number of carbonyl (C=O) groups is 2. The summed E-state index contributed by atoms with van der Waals surface area (Å²) < 4.78 is 52.1. The predicted octanol–water partition coefficient (Wildman–Crippen LogP) is 3.16. The minimum absolute atomic E-state index is 0.00468. The first-order valence-electron chi connectivity index (χ1n) is 11.0. The monoisotopic (exact) mass is 524 g/mol. The third-order valence-corrected chi connectivity index (χ3v) is 6.44. The molecular weight excluding hydrogens is 501 g/mol. The molecule has 0 amide bonds. The predicted molar refractivity (Wildman–Crippen MR) is 123 cm³/mol. The van der Waals surface area contributed by atoms with Gasteiger partial charge in [-0.3, -0.25) is 14.7 Å². The van der Waals surface area contributed by atoms with E-state index in [-0.39, 0.29) is 36.9 Å². The fourth-order valence-electron chi connectivity index (χ4n) is 4.03. The van der Waals surface area contributed by atoms with Gasteiger partial charge in [0.05, 0.1) is 37.6 Å². The van der Waals surface area contributed by atoms with Crippen molar-refractivity contribution in [1.82, 2.24) is 14.8 Å². The molecule has 36 heavy (non-hydrogen) atoms. The summed E-state index contributed by atoms with van der Waals surface area (Å²) >= 11 is 1.22. The molecule has 1 aromatic heterocycles. The molecular formula is C23H23F3N4O5S. The van der Waals surface area contributed by atoms with Gasteiger partial charge in [-0.1, -0.05) is 18.2 Å². The Morgan fingerprint density at radius 2 is 2.08 bits per heavy atom. The number of ether oxygens (including phenoxy) is 2. The summed E-state index contributed by atoms with van der Waals surface area (Å²) in [6.45, 7) is 2.17. The second-order valence-electron chi connectivity index (χ2n) is 7.93. The molecule has 0 spiro atoms. The van der Waals surface area contributed by atoms with Gasteiger partial charge < -0.3 is 19.5 Å². The molecule has 0 saturated carbocycles. The van der Waals surface area contributed by atoms with Crippen LogP contribution in [0.15, 0.2) is 52.6 Å². The average Bonchev–Trinajstić information content (AvgIpc) is 3.38. The number of morpholine rings is 1. The summed E-state index contributed by atoms with van der Waals surface area (Å²) in [4.78, 5) is 36.7. The molecule has 2 aromatic rings. The number of hydrogen-bond acceptors (Lipinski definition) is 9. The lowest BCUT2D eigenvalue weighted by Crippen LogP contribution is -2.54. The van der Waals surface area contributed by atoms with Crippen LogP contribution in [0.5, 0.6) is 0 Å². The number of nitrogens with zero attached hydrogens (tertiary/aromatic N) is 4. The highest BCUT2D eigenvalue weighted by Gasteiger charge is 2.40. The summed E-state index contributed by atoms with van der Waals surface area (Å²) in [5.41, 5.74) is -1.22. The number of carbonyl (C=O) groups excluding carboxylic acids is 1. The SMILES string of the molecule is CCOC(=O)C1=CN(CN2CCOCC2C(=O)O)C(c2nccs2)=NC1c1ccccc1C(F)(F)F. The average molecular weight is 525 g/mol. The number of aliphatic carboxylic acids is 1. The minimum atomic E-state index is -4.67.